The Labute approximate surface area is 88.5 Å². The van der Waals surface area contributed by atoms with Crippen LogP contribution in [0.25, 0.3) is 0 Å². The quantitative estimate of drug-likeness (QED) is 0.537. The summed E-state index contributed by atoms with van der Waals surface area (Å²) in [4.78, 5) is 24.7. The summed E-state index contributed by atoms with van der Waals surface area (Å²) in [5.74, 6) is 0.0388. The van der Waals surface area contributed by atoms with E-state index in [-0.39, 0.29) is 24.4 Å². The van der Waals surface area contributed by atoms with Crippen LogP contribution in [0.4, 0.5) is 0 Å². The molecule has 2 aliphatic rings. The summed E-state index contributed by atoms with van der Waals surface area (Å²) in [7, 11) is 0. The minimum absolute atomic E-state index is 0.0439. The molecule has 5 nitrogen and oxygen atoms in total. The van der Waals surface area contributed by atoms with Gasteiger partial charge in [0.05, 0.1) is 6.54 Å². The number of amides is 2. The van der Waals surface area contributed by atoms with Crippen LogP contribution < -0.4 is 10.6 Å². The minimum Gasteiger partial charge on any atom is -0.353 e. The van der Waals surface area contributed by atoms with Gasteiger partial charge in [0.1, 0.15) is 6.04 Å². The van der Waals surface area contributed by atoms with Crippen molar-refractivity contribution in [2.75, 3.05) is 26.2 Å². The van der Waals surface area contributed by atoms with Gasteiger partial charge in [-0.25, -0.2) is 0 Å². The molecule has 2 N–H and O–H groups in total. The van der Waals surface area contributed by atoms with Crippen LogP contribution in [0.5, 0.6) is 0 Å². The van der Waals surface area contributed by atoms with Crippen LogP contribution in [-0.4, -0.2) is 48.9 Å². The standard InChI is InChI=1S/C10H15N3O2/c14-9-7-11-8(6-12-9)10(15)13-4-2-1-3-5-13/h1-2,8,11H,3-7H2,(H,12,14). The van der Waals surface area contributed by atoms with E-state index in [9.17, 15) is 9.59 Å². The molecule has 0 spiro atoms. The fourth-order valence-corrected chi connectivity index (χ4v) is 1.80. The van der Waals surface area contributed by atoms with Crippen molar-refractivity contribution in [1.82, 2.24) is 15.5 Å². The molecule has 2 heterocycles. The molecule has 1 unspecified atom stereocenters. The van der Waals surface area contributed by atoms with E-state index in [4.69, 9.17) is 0 Å². The SMILES string of the molecule is O=C1CNC(C(=O)N2CC=CCC2)CN1. The van der Waals surface area contributed by atoms with Crippen molar-refractivity contribution in [2.45, 2.75) is 12.5 Å². The normalized spacial score (nSPS) is 26.3. The van der Waals surface area contributed by atoms with Crippen LogP contribution >= 0.6 is 0 Å². The number of nitrogens with zero attached hydrogens (tertiary/aromatic N) is 1. The smallest absolute Gasteiger partial charge is 0.241 e. The fraction of sp³-hybridized carbons (Fsp3) is 0.600. The second kappa shape index (κ2) is 4.44. The lowest BCUT2D eigenvalue weighted by molar-refractivity contribution is -0.134. The molecule has 2 amide bonds. The van der Waals surface area contributed by atoms with Crippen molar-refractivity contribution in [2.24, 2.45) is 0 Å². The predicted molar refractivity (Wildman–Crippen MR) is 55.1 cm³/mol. The zero-order valence-electron chi connectivity index (χ0n) is 8.53. The van der Waals surface area contributed by atoms with Crippen molar-refractivity contribution < 1.29 is 9.59 Å². The zero-order valence-corrected chi connectivity index (χ0v) is 8.53. The maximum absolute atomic E-state index is 11.9. The van der Waals surface area contributed by atoms with Crippen molar-refractivity contribution in [3.63, 3.8) is 0 Å². The topological polar surface area (TPSA) is 61.4 Å². The molecule has 0 aromatic heterocycles. The highest BCUT2D eigenvalue weighted by Gasteiger charge is 2.27. The van der Waals surface area contributed by atoms with Crippen molar-refractivity contribution in [1.29, 1.82) is 0 Å². The lowest BCUT2D eigenvalue weighted by atomic mass is 10.1. The molecule has 1 atom stereocenters. The van der Waals surface area contributed by atoms with Crippen molar-refractivity contribution in [3.8, 4) is 0 Å². The number of carbonyl (C=O) groups excluding carboxylic acids is 2. The summed E-state index contributed by atoms with van der Waals surface area (Å²) in [6.45, 7) is 2.10. The van der Waals surface area contributed by atoms with Gasteiger partial charge in [-0.15, -0.1) is 0 Å². The van der Waals surface area contributed by atoms with E-state index < -0.39 is 0 Å². The second-order valence-electron chi connectivity index (χ2n) is 3.78. The molecule has 0 aliphatic carbocycles. The summed E-state index contributed by atoms with van der Waals surface area (Å²) in [6.07, 6.45) is 5.01. The van der Waals surface area contributed by atoms with Crippen LogP contribution in [0.15, 0.2) is 12.2 Å². The number of hydrogen-bond donors (Lipinski definition) is 2. The highest BCUT2D eigenvalue weighted by molar-refractivity contribution is 5.87. The fourth-order valence-electron chi connectivity index (χ4n) is 1.80. The van der Waals surface area contributed by atoms with Gasteiger partial charge in [-0.05, 0) is 6.42 Å². The summed E-state index contributed by atoms with van der Waals surface area (Å²) in [5.41, 5.74) is 0. The van der Waals surface area contributed by atoms with Gasteiger partial charge >= 0.3 is 0 Å². The van der Waals surface area contributed by atoms with Gasteiger partial charge in [-0.3, -0.25) is 14.9 Å². The Kier molecular flexibility index (Phi) is 3.01. The third-order valence-electron chi connectivity index (χ3n) is 2.68. The van der Waals surface area contributed by atoms with Crippen molar-refractivity contribution >= 4 is 11.8 Å². The first-order chi connectivity index (χ1) is 7.27. The number of nitrogens with one attached hydrogen (secondary N) is 2. The monoisotopic (exact) mass is 209 g/mol. The van der Waals surface area contributed by atoms with Crippen LogP contribution in [-0.2, 0) is 9.59 Å². The number of rotatable bonds is 1. The van der Waals surface area contributed by atoms with E-state index >= 15 is 0 Å². The van der Waals surface area contributed by atoms with E-state index in [0.717, 1.165) is 13.0 Å². The van der Waals surface area contributed by atoms with Gasteiger partial charge in [0, 0.05) is 19.6 Å². The van der Waals surface area contributed by atoms with E-state index in [0.29, 0.717) is 13.1 Å². The Bertz CT molecular complexity index is 291. The molecular weight excluding hydrogens is 194 g/mol. The van der Waals surface area contributed by atoms with Gasteiger partial charge in [0.25, 0.3) is 0 Å². The first-order valence-electron chi connectivity index (χ1n) is 5.21. The highest BCUT2D eigenvalue weighted by Crippen LogP contribution is 2.04. The molecule has 2 rings (SSSR count). The van der Waals surface area contributed by atoms with Gasteiger partial charge in [0.2, 0.25) is 11.8 Å². The Balaban J connectivity index is 1.90. The third kappa shape index (κ3) is 2.36. The molecule has 1 saturated heterocycles. The van der Waals surface area contributed by atoms with Crippen LogP contribution in [0.3, 0.4) is 0 Å². The molecule has 0 aromatic carbocycles. The Morgan fingerprint density at radius 3 is 2.93 bits per heavy atom. The molecule has 0 saturated carbocycles. The molecule has 2 aliphatic heterocycles. The predicted octanol–water partition coefficient (Wildman–Crippen LogP) is -1.14. The lowest BCUT2D eigenvalue weighted by Gasteiger charge is -2.30. The first-order valence-corrected chi connectivity index (χ1v) is 5.21. The Hall–Kier alpha value is -1.36. The average Bonchev–Trinajstić information content (AvgIpc) is 2.30. The molecule has 5 heteroatoms. The Morgan fingerprint density at radius 2 is 2.33 bits per heavy atom. The van der Waals surface area contributed by atoms with Gasteiger partial charge in [-0.2, -0.15) is 0 Å². The molecule has 0 bridgehead atoms. The minimum atomic E-state index is -0.255. The molecule has 0 radical (unpaired) electrons. The summed E-state index contributed by atoms with van der Waals surface area (Å²) >= 11 is 0. The third-order valence-corrected chi connectivity index (χ3v) is 2.68. The first kappa shape index (κ1) is 10.2. The van der Waals surface area contributed by atoms with Crippen LogP contribution in [0, 0.1) is 0 Å². The van der Waals surface area contributed by atoms with Gasteiger partial charge < -0.3 is 10.2 Å². The summed E-state index contributed by atoms with van der Waals surface area (Å²) in [5, 5.41) is 5.62. The maximum Gasteiger partial charge on any atom is 0.241 e. The molecular formula is C10H15N3O2. The summed E-state index contributed by atoms with van der Waals surface area (Å²) < 4.78 is 0. The van der Waals surface area contributed by atoms with Gasteiger partial charge in [0.15, 0.2) is 0 Å². The van der Waals surface area contributed by atoms with Crippen LogP contribution in [0.2, 0.25) is 0 Å². The average molecular weight is 209 g/mol. The highest BCUT2D eigenvalue weighted by atomic mass is 16.2. The second-order valence-corrected chi connectivity index (χ2v) is 3.78. The largest absolute Gasteiger partial charge is 0.353 e. The van der Waals surface area contributed by atoms with Crippen LogP contribution in [0.1, 0.15) is 6.42 Å². The number of carbonyl (C=O) groups is 2. The van der Waals surface area contributed by atoms with E-state index in [2.05, 4.69) is 16.7 Å². The van der Waals surface area contributed by atoms with Gasteiger partial charge in [-0.1, -0.05) is 12.2 Å². The number of piperazine rings is 1. The summed E-state index contributed by atoms with van der Waals surface area (Å²) in [6, 6.07) is -0.255. The number of hydrogen-bond acceptors (Lipinski definition) is 3. The molecule has 82 valence electrons. The van der Waals surface area contributed by atoms with E-state index in [1.807, 2.05) is 11.0 Å². The van der Waals surface area contributed by atoms with E-state index in [1.54, 1.807) is 0 Å². The molecule has 15 heavy (non-hydrogen) atoms. The van der Waals surface area contributed by atoms with Crippen molar-refractivity contribution in [3.05, 3.63) is 12.2 Å². The van der Waals surface area contributed by atoms with E-state index in [1.165, 1.54) is 0 Å². The molecule has 0 aromatic rings. The lowest BCUT2D eigenvalue weighted by Crippen LogP contribution is -2.59. The molecule has 1 fully saturated rings. The maximum atomic E-state index is 11.9. The zero-order chi connectivity index (χ0) is 10.7. The Morgan fingerprint density at radius 1 is 1.47 bits per heavy atom.